The molecule has 0 heterocycles. The van der Waals surface area contributed by atoms with Gasteiger partial charge in [0.15, 0.2) is 0 Å². The van der Waals surface area contributed by atoms with Crippen LogP contribution in [0.3, 0.4) is 0 Å². The van der Waals surface area contributed by atoms with Crippen molar-refractivity contribution < 1.29 is 4.79 Å². The van der Waals surface area contributed by atoms with Gasteiger partial charge in [-0.1, -0.05) is 43.4 Å². The van der Waals surface area contributed by atoms with Crippen molar-refractivity contribution in [2.45, 2.75) is 52.4 Å². The third kappa shape index (κ3) is 12.9. The van der Waals surface area contributed by atoms with Crippen molar-refractivity contribution in [2.75, 3.05) is 0 Å². The maximum absolute atomic E-state index is 10.7. The molecular formula is C15H24O. The van der Waals surface area contributed by atoms with E-state index < -0.39 is 0 Å². The number of ketones is 1. The van der Waals surface area contributed by atoms with Crippen LogP contribution in [-0.2, 0) is 4.79 Å². The summed E-state index contributed by atoms with van der Waals surface area (Å²) in [6, 6.07) is 0. The molecule has 0 rings (SSSR count). The number of rotatable bonds is 9. The molecule has 0 unspecified atom stereocenters. The van der Waals surface area contributed by atoms with Crippen LogP contribution >= 0.6 is 0 Å². The fourth-order valence-electron chi connectivity index (χ4n) is 1.30. The summed E-state index contributed by atoms with van der Waals surface area (Å²) in [5.74, 6) is 0.288. The van der Waals surface area contributed by atoms with E-state index >= 15 is 0 Å². The van der Waals surface area contributed by atoms with Gasteiger partial charge in [-0.3, -0.25) is 0 Å². The van der Waals surface area contributed by atoms with Gasteiger partial charge >= 0.3 is 0 Å². The van der Waals surface area contributed by atoms with Crippen LogP contribution in [0.2, 0.25) is 0 Å². The van der Waals surface area contributed by atoms with Crippen LogP contribution < -0.4 is 0 Å². The topological polar surface area (TPSA) is 17.1 Å². The molecule has 0 amide bonds. The molecule has 0 aromatic carbocycles. The SMILES string of the molecule is CC/C=C/C/C=C\C/C=C/CCCC(C)=O. The number of hydrogen-bond donors (Lipinski definition) is 0. The second-order valence-electron chi connectivity index (χ2n) is 3.89. The highest BCUT2D eigenvalue weighted by Gasteiger charge is 1.89. The molecule has 0 saturated heterocycles. The van der Waals surface area contributed by atoms with Crippen molar-refractivity contribution in [3.8, 4) is 0 Å². The average molecular weight is 220 g/mol. The second-order valence-corrected chi connectivity index (χ2v) is 3.89. The third-order valence-corrected chi connectivity index (χ3v) is 2.18. The van der Waals surface area contributed by atoms with Crippen LogP contribution in [0.15, 0.2) is 36.5 Å². The van der Waals surface area contributed by atoms with E-state index in [0.29, 0.717) is 6.42 Å². The van der Waals surface area contributed by atoms with Crippen molar-refractivity contribution in [2.24, 2.45) is 0 Å². The molecule has 0 aromatic heterocycles. The van der Waals surface area contributed by atoms with E-state index in [1.54, 1.807) is 6.92 Å². The normalized spacial score (nSPS) is 12.1. The van der Waals surface area contributed by atoms with Crippen LogP contribution in [0, 0.1) is 0 Å². The van der Waals surface area contributed by atoms with Gasteiger partial charge in [0, 0.05) is 6.42 Å². The molecule has 0 N–H and O–H groups in total. The summed E-state index contributed by atoms with van der Waals surface area (Å²) in [6.07, 6.45) is 18.9. The van der Waals surface area contributed by atoms with Crippen LogP contribution in [0.5, 0.6) is 0 Å². The van der Waals surface area contributed by atoms with Gasteiger partial charge in [0.1, 0.15) is 5.78 Å². The first kappa shape index (κ1) is 14.9. The van der Waals surface area contributed by atoms with Crippen molar-refractivity contribution >= 4 is 5.78 Å². The van der Waals surface area contributed by atoms with E-state index in [1.165, 1.54) is 0 Å². The highest BCUT2D eigenvalue weighted by Crippen LogP contribution is 1.99. The molecule has 0 atom stereocenters. The number of carbonyl (C=O) groups is 1. The number of allylic oxidation sites excluding steroid dienone is 6. The minimum atomic E-state index is 0.288. The number of Topliss-reactive ketones (excluding diaryl/α,β-unsaturated/α-hetero) is 1. The lowest BCUT2D eigenvalue weighted by Gasteiger charge is -1.90. The minimum Gasteiger partial charge on any atom is -0.300 e. The van der Waals surface area contributed by atoms with E-state index in [2.05, 4.69) is 43.4 Å². The van der Waals surface area contributed by atoms with Gasteiger partial charge in [-0.2, -0.15) is 0 Å². The predicted molar refractivity (Wildman–Crippen MR) is 71.5 cm³/mol. The number of unbranched alkanes of at least 4 members (excludes halogenated alkanes) is 1. The Morgan fingerprint density at radius 1 is 0.938 bits per heavy atom. The summed E-state index contributed by atoms with van der Waals surface area (Å²) in [7, 11) is 0. The van der Waals surface area contributed by atoms with Gasteiger partial charge in [-0.05, 0) is 39.0 Å². The molecule has 90 valence electrons. The quantitative estimate of drug-likeness (QED) is 0.410. The Morgan fingerprint density at radius 2 is 1.50 bits per heavy atom. The van der Waals surface area contributed by atoms with Gasteiger partial charge in [0.05, 0.1) is 0 Å². The highest BCUT2D eigenvalue weighted by molar-refractivity contribution is 5.75. The standard InChI is InChI=1S/C15H24O/c1-3-4-5-6-7-8-9-10-11-12-13-14-15(2)16/h4-5,7-8,10-11H,3,6,9,12-14H2,1-2H3/b5-4+,8-7-,11-10+. The number of hydrogen-bond acceptors (Lipinski definition) is 1. The van der Waals surface area contributed by atoms with Crippen molar-refractivity contribution in [3.05, 3.63) is 36.5 Å². The first-order valence-corrected chi connectivity index (χ1v) is 6.21. The summed E-state index contributed by atoms with van der Waals surface area (Å²) in [6.45, 7) is 3.79. The first-order chi connectivity index (χ1) is 7.77. The Hall–Kier alpha value is -1.11. The van der Waals surface area contributed by atoms with Crippen LogP contribution in [-0.4, -0.2) is 5.78 Å². The third-order valence-electron chi connectivity index (χ3n) is 2.18. The Morgan fingerprint density at radius 3 is 2.06 bits per heavy atom. The molecule has 0 bridgehead atoms. The molecule has 0 aliphatic rings. The van der Waals surface area contributed by atoms with E-state index in [9.17, 15) is 4.79 Å². The Labute approximate surface area is 99.9 Å². The molecule has 0 aliphatic heterocycles. The number of carbonyl (C=O) groups excluding carboxylic acids is 1. The molecule has 1 nitrogen and oxygen atoms in total. The molecule has 0 aromatic rings. The lowest BCUT2D eigenvalue weighted by atomic mass is 10.2. The minimum absolute atomic E-state index is 0.288. The molecule has 1 heteroatoms. The van der Waals surface area contributed by atoms with Crippen molar-refractivity contribution in [1.29, 1.82) is 0 Å². The van der Waals surface area contributed by atoms with Crippen LogP contribution in [0.25, 0.3) is 0 Å². The maximum atomic E-state index is 10.7. The van der Waals surface area contributed by atoms with E-state index in [1.807, 2.05) is 0 Å². The summed E-state index contributed by atoms with van der Waals surface area (Å²) in [4.78, 5) is 10.7. The highest BCUT2D eigenvalue weighted by atomic mass is 16.1. The molecule has 0 saturated carbocycles. The van der Waals surface area contributed by atoms with E-state index in [-0.39, 0.29) is 5.78 Å². The zero-order valence-corrected chi connectivity index (χ0v) is 10.6. The summed E-state index contributed by atoms with van der Waals surface area (Å²) in [5.41, 5.74) is 0. The largest absolute Gasteiger partial charge is 0.300 e. The molecule has 0 radical (unpaired) electrons. The fourth-order valence-corrected chi connectivity index (χ4v) is 1.30. The van der Waals surface area contributed by atoms with Gasteiger partial charge in [-0.25, -0.2) is 0 Å². The lowest BCUT2D eigenvalue weighted by molar-refractivity contribution is -0.117. The molecule has 0 fully saturated rings. The first-order valence-electron chi connectivity index (χ1n) is 6.21. The smallest absolute Gasteiger partial charge is 0.129 e. The summed E-state index contributed by atoms with van der Waals surface area (Å²) < 4.78 is 0. The predicted octanol–water partition coefficient (Wildman–Crippen LogP) is 4.60. The molecular weight excluding hydrogens is 196 g/mol. The second kappa shape index (κ2) is 12.0. The van der Waals surface area contributed by atoms with E-state index in [4.69, 9.17) is 0 Å². The zero-order chi connectivity index (χ0) is 12.1. The van der Waals surface area contributed by atoms with Gasteiger partial charge in [0.2, 0.25) is 0 Å². The molecule has 16 heavy (non-hydrogen) atoms. The van der Waals surface area contributed by atoms with Crippen LogP contribution in [0.4, 0.5) is 0 Å². The van der Waals surface area contributed by atoms with Gasteiger partial charge < -0.3 is 4.79 Å². The molecule has 0 spiro atoms. The average Bonchev–Trinajstić information content (AvgIpc) is 2.25. The van der Waals surface area contributed by atoms with Crippen molar-refractivity contribution in [3.63, 3.8) is 0 Å². The monoisotopic (exact) mass is 220 g/mol. The van der Waals surface area contributed by atoms with Gasteiger partial charge in [-0.15, -0.1) is 0 Å². The Balaban J connectivity index is 3.33. The van der Waals surface area contributed by atoms with Crippen LogP contribution in [0.1, 0.15) is 52.4 Å². The fraction of sp³-hybridized carbons (Fsp3) is 0.533. The summed E-state index contributed by atoms with van der Waals surface area (Å²) >= 11 is 0. The van der Waals surface area contributed by atoms with Crippen molar-refractivity contribution in [1.82, 2.24) is 0 Å². The lowest BCUT2D eigenvalue weighted by Crippen LogP contribution is -1.87. The van der Waals surface area contributed by atoms with Gasteiger partial charge in [0.25, 0.3) is 0 Å². The maximum Gasteiger partial charge on any atom is 0.129 e. The van der Waals surface area contributed by atoms with E-state index in [0.717, 1.165) is 32.1 Å². The summed E-state index contributed by atoms with van der Waals surface area (Å²) in [5, 5.41) is 0. The zero-order valence-electron chi connectivity index (χ0n) is 10.6. The molecule has 0 aliphatic carbocycles. The Kier molecular flexibility index (Phi) is 11.1. The Bertz CT molecular complexity index is 246.